The fourth-order valence-electron chi connectivity index (χ4n) is 10.9. The zero-order valence-corrected chi connectivity index (χ0v) is 62.2. The average molecular weight is 1520 g/mol. The fourth-order valence-corrected chi connectivity index (χ4v) is 11.9. The number of benzene rings is 6. The molecule has 3 aliphatic rings. The van der Waals surface area contributed by atoms with E-state index in [4.69, 9.17) is 69.9 Å². The second-order valence-electron chi connectivity index (χ2n) is 22.6. The van der Waals surface area contributed by atoms with Crippen LogP contribution >= 0.6 is 0 Å². The van der Waals surface area contributed by atoms with Crippen LogP contribution in [0.3, 0.4) is 0 Å². The number of ether oxygens (including phenoxy) is 13. The Labute approximate surface area is 645 Å². The summed E-state index contributed by atoms with van der Waals surface area (Å²) in [7, 11) is -11.1. The minimum atomic E-state index is -6.03. The quantitative estimate of drug-likeness (QED) is 0.0106. The molecule has 0 radical (unpaired) electrons. The van der Waals surface area contributed by atoms with Gasteiger partial charge in [0.25, 0.3) is 0 Å². The van der Waals surface area contributed by atoms with Crippen molar-refractivity contribution in [3.63, 3.8) is 0 Å². The van der Waals surface area contributed by atoms with Gasteiger partial charge < -0.3 is 86.6 Å². The number of carbonyl (C=O) groups is 9. The van der Waals surface area contributed by atoms with Gasteiger partial charge in [-0.15, -0.1) is 0 Å². The van der Waals surface area contributed by atoms with Crippen LogP contribution in [-0.4, -0.2) is 205 Å². The summed E-state index contributed by atoms with van der Waals surface area (Å²) in [5.41, 5.74) is -0.229. The molecule has 6 aromatic rings. The normalized spacial score (nSPS) is 24.2. The van der Waals surface area contributed by atoms with Gasteiger partial charge in [0.1, 0.15) is 68.5 Å². The predicted molar refractivity (Wildman–Crippen MR) is 343 cm³/mol. The van der Waals surface area contributed by atoms with Crippen molar-refractivity contribution in [2.45, 2.75) is 112 Å². The monoisotopic (exact) mass is 1520 g/mol. The molecule has 0 aromatic heterocycles. The van der Waals surface area contributed by atoms with E-state index in [1.54, 1.807) is 42.5 Å². The fraction of sp³-hybridized carbons (Fsp3) is 0.338. The topological polar surface area (TPSA) is 443 Å². The van der Waals surface area contributed by atoms with E-state index in [-0.39, 0.29) is 100 Å². The summed E-state index contributed by atoms with van der Waals surface area (Å²) in [5.74, 6) is -9.57. The summed E-state index contributed by atoms with van der Waals surface area (Å²) in [6.45, 7) is -1.37. The molecule has 33 nitrogen and oxygen atoms in total. The molecule has 0 aliphatic carbocycles. The van der Waals surface area contributed by atoms with Gasteiger partial charge in [0.15, 0.2) is 43.3 Å². The molecule has 15 atom stereocenters. The molecule has 548 valence electrons. The molecule has 37 heteroatoms. The average Bonchev–Trinajstić information content (AvgIpc) is 0.755. The summed E-state index contributed by atoms with van der Waals surface area (Å²) >= 11 is 0. The molecule has 9 rings (SSSR count). The van der Waals surface area contributed by atoms with Crippen LogP contribution < -0.4 is 75.1 Å². The van der Waals surface area contributed by atoms with E-state index in [0.29, 0.717) is 5.56 Å². The number of amides is 3. The Kier molecular flexibility index (Phi) is 32.0. The number of hydrogen-bond donors (Lipinski definition) is 3. The van der Waals surface area contributed by atoms with Gasteiger partial charge >= 0.3 is 101 Å². The van der Waals surface area contributed by atoms with Gasteiger partial charge in [-0.25, -0.2) is 50.4 Å². The van der Waals surface area contributed by atoms with Crippen LogP contribution in [0.2, 0.25) is 0 Å². The summed E-state index contributed by atoms with van der Waals surface area (Å²) in [6, 6.07) is 39.3. The number of hydrogen-bond acceptors (Lipinski definition) is 30. The smallest absolute Gasteiger partial charge is 0.726 e. The van der Waals surface area contributed by atoms with Gasteiger partial charge in [0.05, 0.1) is 41.5 Å². The summed E-state index contributed by atoms with van der Waals surface area (Å²) in [5, 5.41) is 7.35. The minimum absolute atomic E-state index is 0. The summed E-state index contributed by atoms with van der Waals surface area (Å²) in [4.78, 5) is 126. The number of esters is 6. The number of carbonyl (C=O) groups excluding carboxylic acids is 9. The molecule has 105 heavy (non-hydrogen) atoms. The molecule has 3 aliphatic heterocycles. The molecule has 3 heterocycles. The second kappa shape index (κ2) is 40.0. The van der Waals surface area contributed by atoms with Crippen molar-refractivity contribution in [3.05, 3.63) is 215 Å². The van der Waals surface area contributed by atoms with E-state index in [0.717, 1.165) is 21.0 Å². The molecular formula is C68H67N3Na2O30S2. The SMILES string of the molecule is COC(=O)[C@H]1O[C@@H](O[C@@H]2[C@@H](NC(C)=O)[C@H](OCCNC(=O)OCc3ccccc3)O[C@H](COC(=O)c3ccccc3)[C@@H]2OS(=O)(=O)[O-])[C@H](OC(=O)c2ccccc2)[C@@H](OC(=O)c2ccccc2)[C@@H]1O[C@@H]1O[C@H](COC(=O)c2ccccc2)[C@H](OS(=O)(=O)[O-])[C@H](OC(=O)c2ccccc2)[C@H]1NC(C)=O.[Na+].[Na+]. The van der Waals surface area contributed by atoms with Crippen LogP contribution in [0, 0.1) is 0 Å². The van der Waals surface area contributed by atoms with Crippen LogP contribution in [0.5, 0.6) is 0 Å². The molecular weight excluding hydrogens is 1450 g/mol. The van der Waals surface area contributed by atoms with Gasteiger partial charge in [-0.1, -0.05) is 121 Å². The van der Waals surface area contributed by atoms with Gasteiger partial charge in [-0.05, 0) is 66.2 Å². The number of rotatable bonds is 29. The molecule has 0 unspecified atom stereocenters. The van der Waals surface area contributed by atoms with Crippen LogP contribution in [0.4, 0.5) is 4.79 Å². The van der Waals surface area contributed by atoms with Crippen molar-refractivity contribution in [2.24, 2.45) is 0 Å². The Morgan fingerprint density at radius 1 is 0.429 bits per heavy atom. The Hall–Kier alpha value is -8.15. The maximum atomic E-state index is 14.9. The van der Waals surface area contributed by atoms with Gasteiger partial charge in [-0.3, -0.25) is 18.0 Å². The van der Waals surface area contributed by atoms with Crippen LogP contribution in [0.15, 0.2) is 182 Å². The van der Waals surface area contributed by atoms with Crippen molar-refractivity contribution >= 4 is 74.5 Å². The maximum absolute atomic E-state index is 14.9. The Bertz CT molecular complexity index is 4130. The van der Waals surface area contributed by atoms with Gasteiger partial charge in [0, 0.05) is 20.4 Å². The van der Waals surface area contributed by atoms with E-state index in [9.17, 15) is 69.1 Å². The molecule has 3 saturated heterocycles. The first kappa shape index (κ1) is 84.1. The van der Waals surface area contributed by atoms with Gasteiger partial charge in [0.2, 0.25) is 32.6 Å². The zero-order valence-electron chi connectivity index (χ0n) is 56.6. The van der Waals surface area contributed by atoms with E-state index in [2.05, 4.69) is 16.0 Å². The van der Waals surface area contributed by atoms with Gasteiger partial charge in [-0.2, -0.15) is 0 Å². The molecule has 3 amide bonds. The zero-order chi connectivity index (χ0) is 73.8. The Balaban J connectivity index is 0.00000770. The van der Waals surface area contributed by atoms with E-state index >= 15 is 0 Å². The molecule has 0 spiro atoms. The molecule has 0 saturated carbocycles. The second-order valence-corrected chi connectivity index (χ2v) is 24.6. The first-order chi connectivity index (χ1) is 49.3. The largest absolute Gasteiger partial charge is 1.00 e. The van der Waals surface area contributed by atoms with Crippen molar-refractivity contribution in [1.29, 1.82) is 0 Å². The number of alkyl carbamates (subject to hydrolysis) is 1. The first-order valence-corrected chi connectivity index (χ1v) is 34.0. The van der Waals surface area contributed by atoms with Crippen LogP contribution in [0.25, 0.3) is 0 Å². The number of nitrogens with one attached hydrogen (secondary N) is 3. The third kappa shape index (κ3) is 24.4. The van der Waals surface area contributed by atoms with E-state index in [1.165, 1.54) is 140 Å². The number of methoxy groups -OCH3 is 1. The van der Waals surface area contributed by atoms with Crippen molar-refractivity contribution in [2.75, 3.05) is 33.5 Å². The molecule has 3 N–H and O–H groups in total. The molecule has 3 fully saturated rings. The van der Waals surface area contributed by atoms with E-state index < -0.39 is 186 Å². The maximum Gasteiger partial charge on any atom is 1.00 e. The summed E-state index contributed by atoms with van der Waals surface area (Å²) in [6.07, 6.45) is -31.5. The van der Waals surface area contributed by atoms with E-state index in [1.807, 2.05) is 0 Å². The summed E-state index contributed by atoms with van der Waals surface area (Å²) < 4.78 is 166. The van der Waals surface area contributed by atoms with Crippen molar-refractivity contribution in [1.82, 2.24) is 16.0 Å². The molecule has 6 aromatic carbocycles. The van der Waals surface area contributed by atoms with Crippen molar-refractivity contribution in [3.8, 4) is 0 Å². The third-order valence-corrected chi connectivity index (χ3v) is 16.3. The van der Waals surface area contributed by atoms with Crippen LogP contribution in [0.1, 0.15) is 71.2 Å². The Morgan fingerprint density at radius 2 is 0.800 bits per heavy atom. The first-order valence-electron chi connectivity index (χ1n) is 31.3. The molecule has 0 bridgehead atoms. The standard InChI is InChI=1S/C68H69N3O30S2.2Na/c1-39(72)70-49-54(52(101-103(84,85)86)47(37-89-59(74)42-24-12-5-13-25-42)92-65(49)88-35-34-69-68(80)91-36-41-22-10-4-11-23-41)97-67-58(96-63(78)46-32-20-9-21-33-46)56(95-62(77)45-30-18-8-19-31-45)55(57(99-67)64(79)87-3)98-66-50(71-40(2)73)53(94-61(76)44-28-16-7-17-29-44)51(100-102(81,82)83)48(93-66)38-90-60(75)43-26-14-6-15-27-43;;/h4-33,47-58,65-67H,34-38H2,1-3H3,(H,69,80)(H,70,72)(H,71,73)(H,81,82,83)(H,84,85,86);;/q;2*+1/p-2/t47-,48-,49-,50-,51+,52+,53-,54-,55+,56+,57+,58-,65-,66+,67-;;/m1../s1. The van der Waals surface area contributed by atoms with Crippen molar-refractivity contribution < 1.29 is 198 Å². The Morgan fingerprint density at radius 3 is 1.22 bits per heavy atom. The predicted octanol–water partition coefficient (Wildman–Crippen LogP) is -2.85. The van der Waals surface area contributed by atoms with Crippen LogP contribution in [-0.2, 0) is 112 Å². The third-order valence-electron chi connectivity index (χ3n) is 15.4. The minimum Gasteiger partial charge on any atom is -0.726 e.